The predicted molar refractivity (Wildman–Crippen MR) is 81.4 cm³/mol. The van der Waals surface area contributed by atoms with Gasteiger partial charge in [-0.15, -0.1) is 0 Å². The lowest BCUT2D eigenvalue weighted by atomic mass is 10.1. The third-order valence-corrected chi connectivity index (χ3v) is 2.98. The Bertz CT molecular complexity index is 584. The van der Waals surface area contributed by atoms with Gasteiger partial charge in [0.1, 0.15) is 17.5 Å². The second kappa shape index (κ2) is 7.45. The van der Waals surface area contributed by atoms with Gasteiger partial charge in [0.05, 0.1) is 6.61 Å². The summed E-state index contributed by atoms with van der Waals surface area (Å²) in [6, 6.07) is 16.4. The highest BCUT2D eigenvalue weighted by Gasteiger charge is 2.20. The molecule has 0 heterocycles. The average Bonchev–Trinajstić information content (AvgIpc) is 2.50. The van der Waals surface area contributed by atoms with Crippen LogP contribution in [0, 0.1) is 0 Å². The van der Waals surface area contributed by atoms with Gasteiger partial charge in [0.2, 0.25) is 0 Å². The first-order valence-electron chi connectivity index (χ1n) is 6.91. The van der Waals surface area contributed by atoms with E-state index in [1.165, 1.54) is 0 Å². The summed E-state index contributed by atoms with van der Waals surface area (Å²) in [4.78, 5) is 11.9. The number of rotatable bonds is 6. The Morgan fingerprint density at radius 2 is 1.81 bits per heavy atom. The van der Waals surface area contributed by atoms with E-state index >= 15 is 0 Å². The molecule has 2 aromatic rings. The Labute approximate surface area is 124 Å². The molecule has 0 fully saturated rings. The van der Waals surface area contributed by atoms with Crippen LogP contribution in [0.15, 0.2) is 54.6 Å². The van der Waals surface area contributed by atoms with E-state index in [-0.39, 0.29) is 5.97 Å². The minimum atomic E-state index is -0.496. The average molecular weight is 285 g/mol. The zero-order valence-electron chi connectivity index (χ0n) is 12.2. The van der Waals surface area contributed by atoms with Gasteiger partial charge in [-0.2, -0.15) is 0 Å². The lowest BCUT2D eigenvalue weighted by molar-refractivity contribution is -0.145. The number of ether oxygens (including phenoxy) is 2. The fourth-order valence-electron chi connectivity index (χ4n) is 2.03. The summed E-state index contributed by atoms with van der Waals surface area (Å²) >= 11 is 0. The third-order valence-electron chi connectivity index (χ3n) is 2.98. The van der Waals surface area contributed by atoms with E-state index < -0.39 is 6.04 Å². The van der Waals surface area contributed by atoms with Crippen LogP contribution in [-0.2, 0) is 9.53 Å². The molecule has 0 saturated heterocycles. The number of carbonyl (C=O) groups excluding carboxylic acids is 1. The normalized spacial score (nSPS) is 11.7. The molecule has 0 radical (unpaired) electrons. The topological polar surface area (TPSA) is 47.6 Å². The molecule has 0 saturated carbocycles. The minimum absolute atomic E-state index is 0.295. The zero-order chi connectivity index (χ0) is 15.1. The standard InChI is InChI=1S/C17H19NO3/c1-3-20-17(19)16(18-2)13-8-7-11-15(12-13)21-14-9-5-4-6-10-14/h4-12,16,18H,3H2,1-2H3. The van der Waals surface area contributed by atoms with Gasteiger partial charge in [-0.3, -0.25) is 0 Å². The molecular formula is C17H19NO3. The number of benzene rings is 2. The Kier molecular flexibility index (Phi) is 5.35. The second-order valence-electron chi connectivity index (χ2n) is 4.46. The van der Waals surface area contributed by atoms with Gasteiger partial charge in [-0.1, -0.05) is 30.3 Å². The van der Waals surface area contributed by atoms with Crippen LogP contribution in [0.5, 0.6) is 11.5 Å². The van der Waals surface area contributed by atoms with Crippen LogP contribution in [0.3, 0.4) is 0 Å². The van der Waals surface area contributed by atoms with Crippen molar-refractivity contribution < 1.29 is 14.3 Å². The Morgan fingerprint density at radius 1 is 1.10 bits per heavy atom. The lowest BCUT2D eigenvalue weighted by Gasteiger charge is -2.16. The maximum atomic E-state index is 11.9. The van der Waals surface area contributed by atoms with Crippen molar-refractivity contribution in [2.24, 2.45) is 0 Å². The summed E-state index contributed by atoms with van der Waals surface area (Å²) in [5, 5.41) is 2.96. The van der Waals surface area contributed by atoms with Crippen LogP contribution in [0.1, 0.15) is 18.5 Å². The van der Waals surface area contributed by atoms with Crippen molar-refractivity contribution in [3.05, 3.63) is 60.2 Å². The van der Waals surface area contributed by atoms with Crippen LogP contribution in [0.4, 0.5) is 0 Å². The van der Waals surface area contributed by atoms with Crippen molar-refractivity contribution in [1.82, 2.24) is 5.32 Å². The molecule has 0 aliphatic carbocycles. The minimum Gasteiger partial charge on any atom is -0.465 e. The second-order valence-corrected chi connectivity index (χ2v) is 4.46. The van der Waals surface area contributed by atoms with E-state index in [0.29, 0.717) is 12.4 Å². The van der Waals surface area contributed by atoms with Gasteiger partial charge in [0, 0.05) is 0 Å². The highest BCUT2D eigenvalue weighted by atomic mass is 16.5. The summed E-state index contributed by atoms with van der Waals surface area (Å²) in [5.74, 6) is 1.15. The summed E-state index contributed by atoms with van der Waals surface area (Å²) < 4.78 is 10.8. The van der Waals surface area contributed by atoms with Crippen LogP contribution < -0.4 is 10.1 Å². The molecule has 1 unspecified atom stereocenters. The van der Waals surface area contributed by atoms with Crippen molar-refractivity contribution >= 4 is 5.97 Å². The number of hydrogen-bond donors (Lipinski definition) is 1. The van der Waals surface area contributed by atoms with Crippen LogP contribution in [0.2, 0.25) is 0 Å². The maximum Gasteiger partial charge on any atom is 0.327 e. The Balaban J connectivity index is 2.18. The number of likely N-dealkylation sites (N-methyl/N-ethyl adjacent to an activating group) is 1. The molecule has 0 spiro atoms. The van der Waals surface area contributed by atoms with E-state index in [9.17, 15) is 4.79 Å². The molecule has 0 aliphatic heterocycles. The van der Waals surface area contributed by atoms with Crippen LogP contribution in [-0.4, -0.2) is 19.6 Å². The van der Waals surface area contributed by atoms with Crippen molar-refractivity contribution in [2.75, 3.05) is 13.7 Å². The quantitative estimate of drug-likeness (QED) is 0.827. The zero-order valence-corrected chi connectivity index (χ0v) is 12.2. The molecular weight excluding hydrogens is 266 g/mol. The first kappa shape index (κ1) is 15.1. The fraction of sp³-hybridized carbons (Fsp3) is 0.235. The van der Waals surface area contributed by atoms with Gasteiger partial charge in [0.15, 0.2) is 0 Å². The van der Waals surface area contributed by atoms with Gasteiger partial charge < -0.3 is 14.8 Å². The number of esters is 1. The van der Waals surface area contributed by atoms with Gasteiger partial charge in [-0.25, -0.2) is 4.79 Å². The molecule has 110 valence electrons. The molecule has 0 aromatic heterocycles. The smallest absolute Gasteiger partial charge is 0.327 e. The first-order valence-corrected chi connectivity index (χ1v) is 6.91. The number of hydrogen-bond acceptors (Lipinski definition) is 4. The molecule has 0 aliphatic rings. The SMILES string of the molecule is CCOC(=O)C(NC)c1cccc(Oc2ccccc2)c1. The van der Waals surface area contributed by atoms with Gasteiger partial charge >= 0.3 is 5.97 Å². The molecule has 0 amide bonds. The van der Waals surface area contributed by atoms with Crippen molar-refractivity contribution in [3.8, 4) is 11.5 Å². The predicted octanol–water partition coefficient (Wildman–Crippen LogP) is 3.30. The van der Waals surface area contributed by atoms with Crippen molar-refractivity contribution in [3.63, 3.8) is 0 Å². The molecule has 1 N–H and O–H groups in total. The number of para-hydroxylation sites is 1. The molecule has 4 nitrogen and oxygen atoms in total. The largest absolute Gasteiger partial charge is 0.465 e. The lowest BCUT2D eigenvalue weighted by Crippen LogP contribution is -2.27. The molecule has 1 atom stereocenters. The van der Waals surface area contributed by atoms with Crippen LogP contribution in [0.25, 0.3) is 0 Å². The van der Waals surface area contributed by atoms with Crippen LogP contribution >= 0.6 is 0 Å². The number of carbonyl (C=O) groups is 1. The van der Waals surface area contributed by atoms with Gasteiger partial charge in [0.25, 0.3) is 0 Å². The third kappa shape index (κ3) is 4.07. The van der Waals surface area contributed by atoms with E-state index in [1.807, 2.05) is 54.6 Å². The highest BCUT2D eigenvalue weighted by molar-refractivity contribution is 5.77. The molecule has 4 heteroatoms. The summed E-state index contributed by atoms with van der Waals surface area (Å²) in [6.45, 7) is 2.15. The van der Waals surface area contributed by atoms with E-state index in [4.69, 9.17) is 9.47 Å². The molecule has 2 aromatic carbocycles. The Hall–Kier alpha value is -2.33. The highest BCUT2D eigenvalue weighted by Crippen LogP contribution is 2.24. The van der Waals surface area contributed by atoms with E-state index in [0.717, 1.165) is 11.3 Å². The first-order chi connectivity index (χ1) is 10.2. The van der Waals surface area contributed by atoms with Crippen molar-refractivity contribution in [1.29, 1.82) is 0 Å². The molecule has 2 rings (SSSR count). The van der Waals surface area contributed by atoms with Crippen molar-refractivity contribution in [2.45, 2.75) is 13.0 Å². The maximum absolute atomic E-state index is 11.9. The number of nitrogens with one attached hydrogen (secondary N) is 1. The van der Waals surface area contributed by atoms with Gasteiger partial charge in [-0.05, 0) is 43.8 Å². The fourth-order valence-corrected chi connectivity index (χ4v) is 2.03. The van der Waals surface area contributed by atoms with E-state index in [1.54, 1.807) is 14.0 Å². The monoisotopic (exact) mass is 285 g/mol. The molecule has 0 bridgehead atoms. The van der Waals surface area contributed by atoms with E-state index in [2.05, 4.69) is 5.32 Å². The summed E-state index contributed by atoms with van der Waals surface area (Å²) in [5.41, 5.74) is 0.810. The molecule has 21 heavy (non-hydrogen) atoms. The summed E-state index contributed by atoms with van der Waals surface area (Å²) in [6.07, 6.45) is 0. The Morgan fingerprint density at radius 3 is 2.48 bits per heavy atom. The summed E-state index contributed by atoms with van der Waals surface area (Å²) in [7, 11) is 1.73.